The lowest BCUT2D eigenvalue weighted by molar-refractivity contribution is -0.384. The van der Waals surface area contributed by atoms with Crippen LogP contribution in [0.4, 0.5) is 11.5 Å². The molecule has 0 unspecified atom stereocenters. The summed E-state index contributed by atoms with van der Waals surface area (Å²) in [6.45, 7) is 1.78. The minimum Gasteiger partial charge on any atom is -0.496 e. The van der Waals surface area contributed by atoms with Gasteiger partial charge in [-0.15, -0.1) is 0 Å². The number of nitro benzene ring substituents is 1. The average Bonchev–Trinajstić information content (AvgIpc) is 2.67. The summed E-state index contributed by atoms with van der Waals surface area (Å²) in [5, 5.41) is 15.1. The van der Waals surface area contributed by atoms with Gasteiger partial charge in [-0.2, -0.15) is 5.10 Å². The molecule has 0 amide bonds. The van der Waals surface area contributed by atoms with Crippen LogP contribution in [0.2, 0.25) is 0 Å². The van der Waals surface area contributed by atoms with Crippen molar-refractivity contribution in [1.82, 2.24) is 9.78 Å². The molecule has 1 aromatic carbocycles. The molecule has 0 aliphatic carbocycles. The summed E-state index contributed by atoms with van der Waals surface area (Å²) in [5.74, 6) is 0.737. The van der Waals surface area contributed by atoms with Crippen LogP contribution in [-0.2, 0) is 0 Å². The number of benzene rings is 1. The van der Waals surface area contributed by atoms with Gasteiger partial charge in [0.15, 0.2) is 0 Å². The molecule has 7 heteroatoms. The van der Waals surface area contributed by atoms with Crippen molar-refractivity contribution in [2.45, 2.75) is 6.92 Å². The Bertz CT molecular complexity index is 606. The highest BCUT2D eigenvalue weighted by molar-refractivity contribution is 5.56. The minimum absolute atomic E-state index is 0.0828. The molecule has 0 bridgehead atoms. The monoisotopic (exact) mass is 248 g/mol. The number of ether oxygens (including phenoxy) is 1. The fourth-order valence-electron chi connectivity index (χ4n) is 1.70. The van der Waals surface area contributed by atoms with E-state index in [1.807, 2.05) is 0 Å². The molecule has 1 aromatic heterocycles. The average molecular weight is 248 g/mol. The Morgan fingerprint density at radius 1 is 1.44 bits per heavy atom. The van der Waals surface area contributed by atoms with E-state index in [1.54, 1.807) is 25.1 Å². The lowest BCUT2D eigenvalue weighted by Crippen LogP contribution is -2.04. The van der Waals surface area contributed by atoms with Crippen LogP contribution < -0.4 is 10.5 Å². The highest BCUT2D eigenvalue weighted by Gasteiger charge is 2.18. The molecule has 0 radical (unpaired) electrons. The van der Waals surface area contributed by atoms with E-state index < -0.39 is 4.92 Å². The molecule has 0 saturated carbocycles. The maximum Gasteiger partial charge on any atom is 0.298 e. The molecule has 2 rings (SSSR count). The predicted molar refractivity (Wildman–Crippen MR) is 65.9 cm³/mol. The fraction of sp³-hybridized carbons (Fsp3) is 0.182. The van der Waals surface area contributed by atoms with Crippen LogP contribution in [0.3, 0.4) is 0 Å². The number of nitrogens with two attached hydrogens (primary N) is 1. The highest BCUT2D eigenvalue weighted by atomic mass is 16.6. The number of aromatic nitrogens is 2. The molecule has 0 saturated heterocycles. The van der Waals surface area contributed by atoms with Gasteiger partial charge in [-0.05, 0) is 19.1 Å². The fourth-order valence-corrected chi connectivity index (χ4v) is 1.70. The third-order valence-corrected chi connectivity index (χ3v) is 2.51. The lowest BCUT2D eigenvalue weighted by atomic mass is 10.2. The van der Waals surface area contributed by atoms with Crippen LogP contribution in [0.25, 0.3) is 5.69 Å². The molecule has 0 aliphatic rings. The quantitative estimate of drug-likeness (QED) is 0.658. The number of methoxy groups -OCH3 is 1. The van der Waals surface area contributed by atoms with Crippen molar-refractivity contribution in [3.05, 3.63) is 40.1 Å². The third kappa shape index (κ3) is 1.97. The minimum atomic E-state index is -0.477. The van der Waals surface area contributed by atoms with Gasteiger partial charge in [0.1, 0.15) is 17.3 Å². The SMILES string of the molecule is COc1ccc(-n2nc(N)cc2C)c([N+](=O)[O-])c1. The van der Waals surface area contributed by atoms with Gasteiger partial charge in [0.2, 0.25) is 0 Å². The third-order valence-electron chi connectivity index (χ3n) is 2.51. The zero-order valence-corrected chi connectivity index (χ0v) is 9.95. The molecule has 0 spiro atoms. The summed E-state index contributed by atoms with van der Waals surface area (Å²) in [5.41, 5.74) is 6.57. The van der Waals surface area contributed by atoms with E-state index in [-0.39, 0.29) is 5.69 Å². The Balaban J connectivity index is 2.63. The van der Waals surface area contributed by atoms with Crippen LogP contribution in [0.5, 0.6) is 5.75 Å². The molecule has 2 aromatic rings. The maximum absolute atomic E-state index is 11.1. The van der Waals surface area contributed by atoms with Crippen molar-refractivity contribution < 1.29 is 9.66 Å². The van der Waals surface area contributed by atoms with Crippen molar-refractivity contribution in [1.29, 1.82) is 0 Å². The normalized spacial score (nSPS) is 10.3. The Hall–Kier alpha value is -2.57. The predicted octanol–water partition coefficient (Wildman–Crippen LogP) is 1.68. The van der Waals surface area contributed by atoms with Crippen LogP contribution in [0.15, 0.2) is 24.3 Å². The number of hydrogen-bond acceptors (Lipinski definition) is 5. The molecule has 94 valence electrons. The van der Waals surface area contributed by atoms with E-state index in [1.165, 1.54) is 17.9 Å². The number of anilines is 1. The molecule has 7 nitrogen and oxygen atoms in total. The molecular formula is C11H12N4O3. The van der Waals surface area contributed by atoms with E-state index in [0.717, 1.165) is 5.69 Å². The number of nitrogens with zero attached hydrogens (tertiary/aromatic N) is 3. The second kappa shape index (κ2) is 4.36. The topological polar surface area (TPSA) is 96.2 Å². The lowest BCUT2D eigenvalue weighted by Gasteiger charge is -2.06. The Morgan fingerprint density at radius 2 is 2.17 bits per heavy atom. The maximum atomic E-state index is 11.1. The summed E-state index contributed by atoms with van der Waals surface area (Å²) < 4.78 is 6.41. The van der Waals surface area contributed by atoms with Crippen molar-refractivity contribution in [2.75, 3.05) is 12.8 Å². The van der Waals surface area contributed by atoms with Crippen LogP contribution in [0, 0.1) is 17.0 Å². The van der Waals surface area contributed by atoms with E-state index in [9.17, 15) is 10.1 Å². The molecule has 2 N–H and O–H groups in total. The zero-order valence-electron chi connectivity index (χ0n) is 9.95. The second-order valence-electron chi connectivity index (χ2n) is 3.73. The van der Waals surface area contributed by atoms with E-state index >= 15 is 0 Å². The van der Waals surface area contributed by atoms with Crippen LogP contribution >= 0.6 is 0 Å². The first kappa shape index (κ1) is 11.9. The van der Waals surface area contributed by atoms with Crippen LogP contribution in [-0.4, -0.2) is 21.8 Å². The smallest absolute Gasteiger partial charge is 0.298 e. The van der Waals surface area contributed by atoms with Crippen molar-refractivity contribution in [2.24, 2.45) is 0 Å². The van der Waals surface area contributed by atoms with Gasteiger partial charge in [-0.1, -0.05) is 0 Å². The van der Waals surface area contributed by atoms with Crippen molar-refractivity contribution >= 4 is 11.5 Å². The Labute approximate surface area is 103 Å². The van der Waals surface area contributed by atoms with Gasteiger partial charge in [-0.3, -0.25) is 10.1 Å². The highest BCUT2D eigenvalue weighted by Crippen LogP contribution is 2.28. The van der Waals surface area contributed by atoms with Crippen molar-refractivity contribution in [3.63, 3.8) is 0 Å². The molecular weight excluding hydrogens is 236 g/mol. The number of nitrogen functional groups attached to an aromatic ring is 1. The molecule has 0 atom stereocenters. The number of rotatable bonds is 3. The number of aryl methyl sites for hydroxylation is 1. The number of hydrogen-bond donors (Lipinski definition) is 1. The molecule has 18 heavy (non-hydrogen) atoms. The Morgan fingerprint density at radius 3 is 2.67 bits per heavy atom. The molecule has 1 heterocycles. The van der Waals surface area contributed by atoms with Crippen molar-refractivity contribution in [3.8, 4) is 11.4 Å². The van der Waals surface area contributed by atoms with E-state index in [4.69, 9.17) is 10.5 Å². The largest absolute Gasteiger partial charge is 0.496 e. The van der Waals surface area contributed by atoms with Gasteiger partial charge in [0, 0.05) is 11.8 Å². The summed E-state index contributed by atoms with van der Waals surface area (Å²) in [7, 11) is 1.45. The van der Waals surface area contributed by atoms with Gasteiger partial charge >= 0.3 is 0 Å². The summed E-state index contributed by atoms with van der Waals surface area (Å²) >= 11 is 0. The van der Waals surface area contributed by atoms with Gasteiger partial charge in [0.25, 0.3) is 5.69 Å². The van der Waals surface area contributed by atoms with E-state index in [0.29, 0.717) is 17.3 Å². The zero-order chi connectivity index (χ0) is 13.3. The first-order valence-corrected chi connectivity index (χ1v) is 5.18. The summed E-state index contributed by atoms with van der Waals surface area (Å²) in [4.78, 5) is 10.6. The number of nitro groups is 1. The second-order valence-corrected chi connectivity index (χ2v) is 3.73. The standard InChI is InChI=1S/C11H12N4O3/c1-7-5-11(12)13-14(7)9-4-3-8(18-2)6-10(9)15(16)17/h3-6H,1-2H3,(H2,12,13). The van der Waals surface area contributed by atoms with Gasteiger partial charge in [-0.25, -0.2) is 4.68 Å². The first-order valence-electron chi connectivity index (χ1n) is 5.18. The Kier molecular flexibility index (Phi) is 2.88. The van der Waals surface area contributed by atoms with Gasteiger partial charge < -0.3 is 10.5 Å². The summed E-state index contributed by atoms with van der Waals surface area (Å²) in [6, 6.07) is 6.22. The van der Waals surface area contributed by atoms with E-state index in [2.05, 4.69) is 5.10 Å². The van der Waals surface area contributed by atoms with Crippen LogP contribution in [0.1, 0.15) is 5.69 Å². The van der Waals surface area contributed by atoms with Gasteiger partial charge in [0.05, 0.1) is 18.1 Å². The molecule has 0 aliphatic heterocycles. The first-order chi connectivity index (χ1) is 8.52. The summed E-state index contributed by atoms with van der Waals surface area (Å²) in [6.07, 6.45) is 0. The molecule has 0 fully saturated rings.